The van der Waals surface area contributed by atoms with Crippen molar-refractivity contribution < 1.29 is 30.5 Å². The van der Waals surface area contributed by atoms with Crippen molar-refractivity contribution in [3.05, 3.63) is 34.4 Å². The van der Waals surface area contributed by atoms with E-state index in [2.05, 4.69) is 0 Å². The maximum absolute atomic E-state index is 12.4. The van der Waals surface area contributed by atoms with Crippen molar-refractivity contribution in [2.24, 2.45) is 0 Å². The molecule has 0 N–H and O–H groups in total. The Morgan fingerprint density at radius 2 is 0.857 bits per heavy atom. The van der Waals surface area contributed by atoms with E-state index < -0.39 is 42.7 Å². The second-order valence-electron chi connectivity index (χ2n) is 2.12. The van der Waals surface area contributed by atoms with Crippen LogP contribution in [0.5, 0.6) is 0 Å². The molecule has 0 aromatic carbocycles. The highest BCUT2D eigenvalue weighted by Gasteiger charge is 2.36. The molecule has 0 aromatic heterocycles. The van der Waals surface area contributed by atoms with Gasteiger partial charge in [-0.1, -0.05) is 0 Å². The van der Waals surface area contributed by atoms with Crippen molar-refractivity contribution in [3.8, 4) is 0 Å². The van der Waals surface area contributed by atoms with Crippen LogP contribution < -0.4 is 0 Å². The van der Waals surface area contributed by atoms with E-state index in [4.69, 9.17) is 0 Å². The highest BCUT2D eigenvalue weighted by atomic mass is 31.2. The molecular weight excluding hydrogens is 236 g/mol. The third-order valence-corrected chi connectivity index (χ3v) is 2.37. The third-order valence-electron chi connectivity index (χ3n) is 1.29. The number of allylic oxidation sites excluding steroid dienone is 4. The molecule has 0 radical (unpaired) electrons. The van der Waals surface area contributed by atoms with Gasteiger partial charge < -0.3 is 0 Å². The molecule has 78 valence electrons. The van der Waals surface area contributed by atoms with Crippen LogP contribution in [0.2, 0.25) is 0 Å². The van der Waals surface area contributed by atoms with E-state index in [0.717, 1.165) is 0 Å². The molecule has 14 heavy (non-hydrogen) atoms. The monoisotopic (exact) mass is 236 g/mol. The van der Waals surface area contributed by atoms with Crippen LogP contribution >= 0.6 is 8.23 Å². The zero-order valence-corrected chi connectivity index (χ0v) is 6.99. The third kappa shape index (κ3) is 1.56. The van der Waals surface area contributed by atoms with E-state index in [1.165, 1.54) is 0 Å². The molecule has 0 fully saturated rings. The van der Waals surface area contributed by atoms with Crippen molar-refractivity contribution in [1.29, 1.82) is 0 Å². The molecule has 0 unspecified atom stereocenters. The first-order valence-corrected chi connectivity index (χ1v) is 4.23. The van der Waals surface area contributed by atoms with Crippen LogP contribution in [-0.2, 0) is 0 Å². The Labute approximate surface area is 74.3 Å². The molecule has 0 bridgehead atoms. The predicted molar refractivity (Wildman–Crippen MR) is 35.8 cm³/mol. The summed E-state index contributed by atoms with van der Waals surface area (Å²) in [5.74, 6) is -10.3. The molecule has 1 aliphatic heterocycles. The van der Waals surface area contributed by atoms with Crippen molar-refractivity contribution in [2.45, 2.75) is 0 Å². The molecule has 0 nitrogen and oxygen atoms in total. The molecule has 8 heteroatoms. The second kappa shape index (κ2) is 3.73. The highest BCUT2D eigenvalue weighted by molar-refractivity contribution is 7.60. The van der Waals surface area contributed by atoms with E-state index in [-0.39, 0.29) is 0 Å². The average Bonchev–Trinajstić information content (AvgIpc) is 2.23. The highest BCUT2D eigenvalue weighted by Crippen LogP contribution is 2.60. The fourth-order valence-electron chi connectivity index (χ4n) is 0.632. The van der Waals surface area contributed by atoms with Crippen molar-refractivity contribution in [1.82, 2.24) is 0 Å². The minimum absolute atomic E-state index is 2.47. The number of hydrogen-bond donors (Lipinski definition) is 0. The van der Waals surface area contributed by atoms with Crippen LogP contribution in [0, 0.1) is 0 Å². The zero-order valence-electron chi connectivity index (χ0n) is 6.09. The maximum Gasteiger partial charge on any atom is 0.209 e. The van der Waals surface area contributed by atoms with Gasteiger partial charge in [0, 0.05) is 0 Å². The van der Waals surface area contributed by atoms with E-state index in [1.54, 1.807) is 0 Å². The summed E-state index contributed by atoms with van der Waals surface area (Å²) in [6.45, 7) is 0. The summed E-state index contributed by atoms with van der Waals surface area (Å²) in [5.41, 5.74) is -4.95. The Hall–Kier alpha value is -0.840. The molecular formula is C6F7P. The first-order chi connectivity index (χ1) is 6.37. The molecule has 0 aliphatic carbocycles. The lowest BCUT2D eigenvalue weighted by Gasteiger charge is -1.99. The Kier molecular flexibility index (Phi) is 2.99. The summed E-state index contributed by atoms with van der Waals surface area (Å²) in [4.78, 5) is 0. The predicted octanol–water partition coefficient (Wildman–Crippen LogP) is 4.73. The molecule has 1 aliphatic rings. The van der Waals surface area contributed by atoms with E-state index in [1.807, 2.05) is 0 Å². The molecule has 0 saturated carbocycles. The largest absolute Gasteiger partial charge is 0.211 e. The van der Waals surface area contributed by atoms with Gasteiger partial charge in [-0.3, -0.25) is 0 Å². The van der Waals surface area contributed by atoms with Gasteiger partial charge in [-0.2, -0.15) is 8.78 Å². The normalized spacial score (nSPS) is 20.8. The number of halogens is 7. The summed E-state index contributed by atoms with van der Waals surface area (Å²) in [6, 6.07) is 0. The molecule has 0 aromatic rings. The summed E-state index contributed by atoms with van der Waals surface area (Å²) >= 11 is 0. The van der Waals surface area contributed by atoms with Gasteiger partial charge in [0.25, 0.3) is 0 Å². The van der Waals surface area contributed by atoms with Crippen molar-refractivity contribution in [3.63, 3.8) is 0 Å². The van der Waals surface area contributed by atoms with Gasteiger partial charge in [-0.05, 0) is 0 Å². The van der Waals surface area contributed by atoms with Crippen molar-refractivity contribution in [2.75, 3.05) is 0 Å². The van der Waals surface area contributed by atoms with Crippen LogP contribution in [0.1, 0.15) is 0 Å². The summed E-state index contributed by atoms with van der Waals surface area (Å²) in [6.07, 6.45) is 0. The van der Waals surface area contributed by atoms with Crippen LogP contribution in [0.15, 0.2) is 34.4 Å². The number of rotatable bonds is 0. The van der Waals surface area contributed by atoms with Crippen molar-refractivity contribution >= 4 is 8.23 Å². The van der Waals surface area contributed by atoms with Gasteiger partial charge in [0.1, 0.15) is 0 Å². The standard InChI is InChI=1S/C6F7P/c7-1-2(8)4(10)6(12)14(13)5(11)3(1)9. The van der Waals surface area contributed by atoms with Crippen LogP contribution in [0.3, 0.4) is 0 Å². The second-order valence-corrected chi connectivity index (χ2v) is 3.47. The molecule has 0 atom stereocenters. The quantitative estimate of drug-likeness (QED) is 0.421. The first-order valence-electron chi connectivity index (χ1n) is 3.00. The molecule has 0 spiro atoms. The molecule has 1 rings (SSSR count). The van der Waals surface area contributed by atoms with Crippen LogP contribution in [0.25, 0.3) is 0 Å². The Bertz CT molecular complexity index is 332. The van der Waals surface area contributed by atoms with Gasteiger partial charge in [-0.25, -0.2) is 21.8 Å². The van der Waals surface area contributed by atoms with E-state index >= 15 is 0 Å². The zero-order chi connectivity index (χ0) is 11.0. The lowest BCUT2D eigenvalue weighted by molar-refractivity contribution is 0.453. The fraction of sp³-hybridized carbons (Fsp3) is 0. The van der Waals surface area contributed by atoms with Gasteiger partial charge in [0.2, 0.25) is 42.7 Å². The average molecular weight is 236 g/mol. The lowest BCUT2D eigenvalue weighted by Crippen LogP contribution is -1.82. The van der Waals surface area contributed by atoms with Crippen LogP contribution in [0.4, 0.5) is 30.5 Å². The van der Waals surface area contributed by atoms with Gasteiger partial charge in [-0.15, -0.1) is 0 Å². The SMILES string of the molecule is FC1=C(F)C(F)=C(F)P(F)C(F)=C1F. The lowest BCUT2D eigenvalue weighted by atomic mass is 10.4. The first kappa shape index (κ1) is 11.2. The summed E-state index contributed by atoms with van der Waals surface area (Å²) in [7, 11) is -4.12. The smallest absolute Gasteiger partial charge is 0.209 e. The molecule has 0 saturated heterocycles. The fourth-order valence-corrected chi connectivity index (χ4v) is 1.35. The maximum atomic E-state index is 12.4. The topological polar surface area (TPSA) is 0 Å². The minimum Gasteiger partial charge on any atom is -0.211 e. The van der Waals surface area contributed by atoms with Gasteiger partial charge in [0.15, 0.2) is 0 Å². The van der Waals surface area contributed by atoms with Gasteiger partial charge in [0.05, 0.1) is 0 Å². The van der Waals surface area contributed by atoms with Crippen LogP contribution in [-0.4, -0.2) is 0 Å². The minimum atomic E-state index is -4.12. The van der Waals surface area contributed by atoms with E-state index in [0.29, 0.717) is 0 Å². The Morgan fingerprint density at radius 3 is 1.14 bits per heavy atom. The Balaban J connectivity index is 3.46. The van der Waals surface area contributed by atoms with E-state index in [9.17, 15) is 30.5 Å². The van der Waals surface area contributed by atoms with Gasteiger partial charge >= 0.3 is 0 Å². The summed E-state index contributed by atoms with van der Waals surface area (Å²) < 4.78 is 86.4. The Morgan fingerprint density at radius 1 is 0.571 bits per heavy atom. The number of hydrogen-bond acceptors (Lipinski definition) is 0. The molecule has 0 amide bonds. The summed E-state index contributed by atoms with van der Waals surface area (Å²) in [5, 5.41) is 0. The molecule has 1 heterocycles.